The van der Waals surface area contributed by atoms with Gasteiger partial charge >= 0.3 is 0 Å². The standard InChI is InChI=1S/C16H14Cl2O2/c1-20-16-5-3-2-4-11(16)6-9-15(19)13-8-7-12(17)10-14(13)18/h2-5,7-8,10H,6,9H2,1H3. The fourth-order valence-electron chi connectivity index (χ4n) is 2.01. The first-order valence-electron chi connectivity index (χ1n) is 6.22. The first-order chi connectivity index (χ1) is 9.61. The highest BCUT2D eigenvalue weighted by atomic mass is 35.5. The molecule has 0 aliphatic carbocycles. The normalized spacial score (nSPS) is 10.3. The lowest BCUT2D eigenvalue weighted by atomic mass is 10.0. The molecule has 0 N–H and O–H groups in total. The van der Waals surface area contributed by atoms with E-state index in [-0.39, 0.29) is 5.78 Å². The molecule has 4 heteroatoms. The van der Waals surface area contributed by atoms with Crippen LogP contribution in [-0.2, 0) is 6.42 Å². The lowest BCUT2D eigenvalue weighted by Crippen LogP contribution is -2.03. The molecule has 0 heterocycles. The van der Waals surface area contributed by atoms with Gasteiger partial charge in [0.15, 0.2) is 5.78 Å². The maximum atomic E-state index is 12.2. The minimum absolute atomic E-state index is 0.00225. The number of rotatable bonds is 5. The second-order valence-corrected chi connectivity index (χ2v) is 5.20. The molecule has 0 saturated carbocycles. The van der Waals surface area contributed by atoms with E-state index in [1.807, 2.05) is 24.3 Å². The highest BCUT2D eigenvalue weighted by Crippen LogP contribution is 2.24. The summed E-state index contributed by atoms with van der Waals surface area (Å²) in [4.78, 5) is 12.2. The third-order valence-electron chi connectivity index (χ3n) is 3.05. The summed E-state index contributed by atoms with van der Waals surface area (Å²) in [6.07, 6.45) is 0.990. The molecule has 0 aromatic heterocycles. The topological polar surface area (TPSA) is 26.3 Å². The maximum absolute atomic E-state index is 12.2. The summed E-state index contributed by atoms with van der Waals surface area (Å²) in [5.74, 6) is 0.792. The van der Waals surface area contributed by atoms with Crippen LogP contribution in [0, 0.1) is 0 Å². The minimum Gasteiger partial charge on any atom is -0.496 e. The van der Waals surface area contributed by atoms with Crippen LogP contribution in [0.4, 0.5) is 0 Å². The Morgan fingerprint density at radius 3 is 2.60 bits per heavy atom. The summed E-state index contributed by atoms with van der Waals surface area (Å²) in [6, 6.07) is 12.6. The molecule has 0 aliphatic heterocycles. The van der Waals surface area contributed by atoms with Crippen LogP contribution < -0.4 is 4.74 Å². The van der Waals surface area contributed by atoms with Gasteiger partial charge in [-0.15, -0.1) is 0 Å². The number of carbonyl (C=O) groups excluding carboxylic acids is 1. The molecule has 0 aliphatic rings. The van der Waals surface area contributed by atoms with E-state index >= 15 is 0 Å². The minimum atomic E-state index is -0.00225. The molecule has 0 unspecified atom stereocenters. The SMILES string of the molecule is COc1ccccc1CCC(=O)c1ccc(Cl)cc1Cl. The van der Waals surface area contributed by atoms with Crippen molar-refractivity contribution in [3.63, 3.8) is 0 Å². The van der Waals surface area contributed by atoms with Crippen LogP contribution in [0.15, 0.2) is 42.5 Å². The van der Waals surface area contributed by atoms with Gasteiger partial charge in [0.2, 0.25) is 0 Å². The van der Waals surface area contributed by atoms with Crippen molar-refractivity contribution in [2.24, 2.45) is 0 Å². The molecular weight excluding hydrogens is 295 g/mol. The zero-order valence-corrected chi connectivity index (χ0v) is 12.5. The van der Waals surface area contributed by atoms with E-state index in [2.05, 4.69) is 0 Å². The summed E-state index contributed by atoms with van der Waals surface area (Å²) in [5, 5.41) is 0.916. The van der Waals surface area contributed by atoms with Crippen molar-refractivity contribution in [3.8, 4) is 5.75 Å². The van der Waals surface area contributed by atoms with Crippen LogP contribution in [0.2, 0.25) is 10.0 Å². The highest BCUT2D eigenvalue weighted by molar-refractivity contribution is 6.36. The Hall–Kier alpha value is -1.51. The van der Waals surface area contributed by atoms with Crippen LogP contribution >= 0.6 is 23.2 Å². The predicted molar refractivity (Wildman–Crippen MR) is 82.1 cm³/mol. The van der Waals surface area contributed by atoms with Crippen molar-refractivity contribution in [2.75, 3.05) is 7.11 Å². The number of methoxy groups -OCH3 is 1. The second kappa shape index (κ2) is 6.78. The molecule has 0 atom stereocenters. The van der Waals surface area contributed by atoms with E-state index in [0.717, 1.165) is 11.3 Å². The number of hydrogen-bond acceptors (Lipinski definition) is 2. The smallest absolute Gasteiger partial charge is 0.164 e. The summed E-state index contributed by atoms with van der Waals surface area (Å²) >= 11 is 11.9. The Labute approximate surface area is 128 Å². The molecule has 0 saturated heterocycles. The Kier molecular flexibility index (Phi) is 5.05. The van der Waals surface area contributed by atoms with Crippen molar-refractivity contribution >= 4 is 29.0 Å². The summed E-state index contributed by atoms with van der Waals surface area (Å²) in [7, 11) is 1.62. The molecule has 0 fully saturated rings. The summed E-state index contributed by atoms with van der Waals surface area (Å²) in [5.41, 5.74) is 1.51. The Balaban J connectivity index is 2.09. The van der Waals surface area contributed by atoms with Gasteiger partial charge in [-0.2, -0.15) is 0 Å². The first-order valence-corrected chi connectivity index (χ1v) is 6.97. The van der Waals surface area contributed by atoms with Crippen molar-refractivity contribution in [1.82, 2.24) is 0 Å². The van der Waals surface area contributed by atoms with Gasteiger partial charge in [-0.05, 0) is 36.2 Å². The summed E-state index contributed by atoms with van der Waals surface area (Å²) in [6.45, 7) is 0. The summed E-state index contributed by atoms with van der Waals surface area (Å²) < 4.78 is 5.27. The molecule has 0 radical (unpaired) electrons. The van der Waals surface area contributed by atoms with Gasteiger partial charge in [0.05, 0.1) is 12.1 Å². The fourth-order valence-corrected chi connectivity index (χ4v) is 2.52. The average Bonchev–Trinajstić information content (AvgIpc) is 2.45. The number of ketones is 1. The Bertz CT molecular complexity index is 624. The molecule has 2 aromatic rings. The number of halogens is 2. The molecule has 0 bridgehead atoms. The van der Waals surface area contributed by atoms with Crippen molar-refractivity contribution in [1.29, 1.82) is 0 Å². The van der Waals surface area contributed by atoms with E-state index in [1.165, 1.54) is 0 Å². The largest absolute Gasteiger partial charge is 0.496 e. The lowest BCUT2D eigenvalue weighted by Gasteiger charge is -2.08. The van der Waals surface area contributed by atoms with E-state index in [4.69, 9.17) is 27.9 Å². The Morgan fingerprint density at radius 1 is 1.15 bits per heavy atom. The van der Waals surface area contributed by atoms with Gasteiger partial charge < -0.3 is 4.74 Å². The van der Waals surface area contributed by atoms with Crippen LogP contribution in [-0.4, -0.2) is 12.9 Å². The van der Waals surface area contributed by atoms with Gasteiger partial charge in [0.1, 0.15) is 5.75 Å². The van der Waals surface area contributed by atoms with Gasteiger partial charge in [-0.1, -0.05) is 41.4 Å². The fraction of sp³-hybridized carbons (Fsp3) is 0.188. The van der Waals surface area contributed by atoms with Gasteiger partial charge in [0.25, 0.3) is 0 Å². The van der Waals surface area contributed by atoms with Gasteiger partial charge in [0, 0.05) is 17.0 Å². The first kappa shape index (κ1) is 14.9. The second-order valence-electron chi connectivity index (χ2n) is 4.36. The third kappa shape index (κ3) is 3.53. The van der Waals surface area contributed by atoms with Crippen LogP contribution in [0.25, 0.3) is 0 Å². The quantitative estimate of drug-likeness (QED) is 0.740. The number of hydrogen-bond donors (Lipinski definition) is 0. The number of ether oxygens (including phenoxy) is 1. The number of benzene rings is 2. The van der Waals surface area contributed by atoms with E-state index in [0.29, 0.717) is 28.5 Å². The molecule has 20 heavy (non-hydrogen) atoms. The van der Waals surface area contributed by atoms with Crippen LogP contribution in [0.3, 0.4) is 0 Å². The Morgan fingerprint density at radius 2 is 1.90 bits per heavy atom. The monoisotopic (exact) mass is 308 g/mol. The third-order valence-corrected chi connectivity index (χ3v) is 3.59. The number of carbonyl (C=O) groups is 1. The number of Topliss-reactive ketones (excluding diaryl/α,β-unsaturated/α-hetero) is 1. The predicted octanol–water partition coefficient (Wildman–Crippen LogP) is 4.82. The van der Waals surface area contributed by atoms with E-state index in [9.17, 15) is 4.79 Å². The molecule has 104 valence electrons. The van der Waals surface area contributed by atoms with Crippen LogP contribution in [0.5, 0.6) is 5.75 Å². The zero-order chi connectivity index (χ0) is 14.5. The highest BCUT2D eigenvalue weighted by Gasteiger charge is 2.12. The van der Waals surface area contributed by atoms with Crippen molar-refractivity contribution in [3.05, 3.63) is 63.6 Å². The van der Waals surface area contributed by atoms with Crippen LogP contribution in [0.1, 0.15) is 22.3 Å². The van der Waals surface area contributed by atoms with E-state index in [1.54, 1.807) is 25.3 Å². The van der Waals surface area contributed by atoms with Gasteiger partial charge in [-0.3, -0.25) is 4.79 Å². The van der Waals surface area contributed by atoms with E-state index < -0.39 is 0 Å². The van der Waals surface area contributed by atoms with Crippen molar-refractivity contribution in [2.45, 2.75) is 12.8 Å². The zero-order valence-electron chi connectivity index (χ0n) is 11.0. The van der Waals surface area contributed by atoms with Crippen molar-refractivity contribution < 1.29 is 9.53 Å². The van der Waals surface area contributed by atoms with Gasteiger partial charge in [-0.25, -0.2) is 0 Å². The molecule has 2 nitrogen and oxygen atoms in total. The number of aryl methyl sites for hydroxylation is 1. The molecule has 2 rings (SSSR count). The molecule has 0 amide bonds. The average molecular weight is 309 g/mol. The molecule has 0 spiro atoms. The number of para-hydroxylation sites is 1. The maximum Gasteiger partial charge on any atom is 0.164 e. The lowest BCUT2D eigenvalue weighted by molar-refractivity contribution is 0.0983. The molecular formula is C16H14Cl2O2. The molecule has 2 aromatic carbocycles.